The van der Waals surface area contributed by atoms with E-state index in [9.17, 15) is 0 Å². The van der Waals surface area contributed by atoms with Crippen molar-refractivity contribution in [1.82, 2.24) is 0 Å². The minimum Gasteiger partial charge on any atom is -0.389 e. The molecule has 3 N–H and O–H groups in total. The summed E-state index contributed by atoms with van der Waals surface area (Å²) in [5, 5.41) is 3.52. The average molecular weight is 329 g/mol. The average Bonchev–Trinajstić information content (AvgIpc) is 2.31. The van der Waals surface area contributed by atoms with Crippen LogP contribution in [0.5, 0.6) is 0 Å². The molecule has 0 aromatic heterocycles. The summed E-state index contributed by atoms with van der Waals surface area (Å²) >= 11 is 8.53. The molecule has 3 nitrogen and oxygen atoms in total. The van der Waals surface area contributed by atoms with Crippen LogP contribution in [0.25, 0.3) is 0 Å². The Balaban J connectivity index is 2.15. The van der Waals surface area contributed by atoms with Crippen molar-refractivity contribution in [3.05, 3.63) is 28.2 Å². The quantitative estimate of drug-likeness (QED) is 0.837. The van der Waals surface area contributed by atoms with Crippen molar-refractivity contribution in [3.63, 3.8) is 0 Å². The van der Waals surface area contributed by atoms with Crippen LogP contribution in [0.15, 0.2) is 22.7 Å². The van der Waals surface area contributed by atoms with Gasteiger partial charge in [-0.1, -0.05) is 28.1 Å². The lowest BCUT2D eigenvalue weighted by Crippen LogP contribution is -2.33. The van der Waals surface area contributed by atoms with E-state index in [1.807, 2.05) is 18.2 Å². The number of nitrogens with two attached hydrogens (primary N) is 1. The van der Waals surface area contributed by atoms with Gasteiger partial charge < -0.3 is 15.8 Å². The van der Waals surface area contributed by atoms with Crippen molar-refractivity contribution in [3.8, 4) is 0 Å². The summed E-state index contributed by atoms with van der Waals surface area (Å²) in [5.41, 5.74) is 7.65. The summed E-state index contributed by atoms with van der Waals surface area (Å²) in [7, 11) is 0. The minimum atomic E-state index is 0.306. The molecule has 5 heteroatoms. The molecule has 98 valence electrons. The van der Waals surface area contributed by atoms with Crippen LogP contribution in [0.4, 0.5) is 5.69 Å². The summed E-state index contributed by atoms with van der Waals surface area (Å²) in [6, 6.07) is 6.38. The number of anilines is 1. The van der Waals surface area contributed by atoms with Crippen LogP contribution >= 0.6 is 28.1 Å². The van der Waals surface area contributed by atoms with E-state index in [4.69, 9.17) is 22.7 Å². The molecule has 0 bridgehead atoms. The topological polar surface area (TPSA) is 47.3 Å². The first-order valence-corrected chi connectivity index (χ1v) is 7.24. The molecular weight excluding hydrogens is 312 g/mol. The highest BCUT2D eigenvalue weighted by Gasteiger charge is 2.20. The van der Waals surface area contributed by atoms with E-state index >= 15 is 0 Å². The second-order valence-electron chi connectivity index (χ2n) is 4.60. The summed E-state index contributed by atoms with van der Waals surface area (Å²) in [4.78, 5) is 0.416. The van der Waals surface area contributed by atoms with E-state index in [1.54, 1.807) is 0 Å². The predicted octanol–water partition coefficient (Wildman–Crippen LogP) is 3.06. The molecule has 18 heavy (non-hydrogen) atoms. The largest absolute Gasteiger partial charge is 0.389 e. The molecule has 1 fully saturated rings. The predicted molar refractivity (Wildman–Crippen MR) is 82.1 cm³/mol. The molecule has 2 rings (SSSR count). The van der Waals surface area contributed by atoms with Crippen LogP contribution in [0.2, 0.25) is 0 Å². The molecular formula is C13H17BrN2OS. The molecule has 2 atom stereocenters. The second kappa shape index (κ2) is 5.99. The summed E-state index contributed by atoms with van der Waals surface area (Å²) < 4.78 is 6.53. The van der Waals surface area contributed by atoms with Crippen LogP contribution in [0.3, 0.4) is 0 Å². The molecule has 1 aromatic carbocycles. The molecule has 0 radical (unpaired) electrons. The van der Waals surface area contributed by atoms with Crippen LogP contribution in [-0.2, 0) is 4.74 Å². The number of nitrogens with one attached hydrogen (secondary N) is 1. The molecule has 2 unspecified atom stereocenters. The van der Waals surface area contributed by atoms with Crippen LogP contribution in [0.1, 0.15) is 25.3 Å². The maximum Gasteiger partial charge on any atom is 0.106 e. The van der Waals surface area contributed by atoms with Gasteiger partial charge in [0.15, 0.2) is 0 Å². The SMILES string of the molecule is CC1CC(Nc2ccc(Br)cc2C(N)=S)CCO1. The van der Waals surface area contributed by atoms with E-state index in [0.29, 0.717) is 17.1 Å². The number of hydrogen-bond donors (Lipinski definition) is 2. The Morgan fingerprint density at radius 3 is 3.00 bits per heavy atom. The molecule has 1 saturated heterocycles. The van der Waals surface area contributed by atoms with Crippen molar-refractivity contribution in [2.24, 2.45) is 5.73 Å². The zero-order chi connectivity index (χ0) is 13.1. The third kappa shape index (κ3) is 3.43. The normalized spacial score (nSPS) is 23.7. The van der Waals surface area contributed by atoms with E-state index < -0.39 is 0 Å². The summed E-state index contributed by atoms with van der Waals surface area (Å²) in [5.74, 6) is 0. The fraction of sp³-hybridized carbons (Fsp3) is 0.462. The molecule has 0 saturated carbocycles. The van der Waals surface area contributed by atoms with Crippen LogP contribution in [0, 0.1) is 0 Å². The van der Waals surface area contributed by atoms with Gasteiger partial charge in [-0.2, -0.15) is 0 Å². The van der Waals surface area contributed by atoms with Gasteiger partial charge in [0, 0.05) is 28.4 Å². The van der Waals surface area contributed by atoms with Gasteiger partial charge in [-0.05, 0) is 38.0 Å². The van der Waals surface area contributed by atoms with Gasteiger partial charge in [-0.3, -0.25) is 0 Å². The maximum atomic E-state index is 5.76. The molecule has 0 spiro atoms. The van der Waals surface area contributed by atoms with Crippen LogP contribution in [-0.4, -0.2) is 23.7 Å². The third-order valence-corrected chi connectivity index (χ3v) is 3.80. The maximum absolute atomic E-state index is 5.76. The Labute approximate surface area is 121 Å². The molecule has 1 aliphatic heterocycles. The molecule has 0 aliphatic carbocycles. The highest BCUT2D eigenvalue weighted by atomic mass is 79.9. The second-order valence-corrected chi connectivity index (χ2v) is 5.96. The van der Waals surface area contributed by atoms with Gasteiger partial charge in [-0.25, -0.2) is 0 Å². The lowest BCUT2D eigenvalue weighted by molar-refractivity contribution is 0.0232. The van der Waals surface area contributed by atoms with E-state index in [1.165, 1.54) is 0 Å². The number of hydrogen-bond acceptors (Lipinski definition) is 3. The Morgan fingerprint density at radius 2 is 2.33 bits per heavy atom. The van der Waals surface area contributed by atoms with Crippen molar-refractivity contribution < 1.29 is 4.74 Å². The number of benzene rings is 1. The monoisotopic (exact) mass is 328 g/mol. The van der Waals surface area contributed by atoms with Crippen molar-refractivity contribution in [2.75, 3.05) is 11.9 Å². The Kier molecular flexibility index (Phi) is 4.59. The van der Waals surface area contributed by atoms with E-state index in [-0.39, 0.29) is 0 Å². The number of halogens is 1. The Morgan fingerprint density at radius 1 is 1.56 bits per heavy atom. The van der Waals surface area contributed by atoms with Gasteiger partial charge in [-0.15, -0.1) is 0 Å². The number of rotatable bonds is 3. The van der Waals surface area contributed by atoms with Crippen molar-refractivity contribution >= 4 is 38.8 Å². The van der Waals surface area contributed by atoms with Crippen LogP contribution < -0.4 is 11.1 Å². The summed E-state index contributed by atoms with van der Waals surface area (Å²) in [6.07, 6.45) is 2.32. The zero-order valence-corrected chi connectivity index (χ0v) is 12.7. The molecule has 1 aliphatic rings. The Hall–Kier alpha value is -0.650. The van der Waals surface area contributed by atoms with Gasteiger partial charge in [0.25, 0.3) is 0 Å². The smallest absolute Gasteiger partial charge is 0.106 e. The minimum absolute atomic E-state index is 0.306. The van der Waals surface area contributed by atoms with Gasteiger partial charge in [0.2, 0.25) is 0 Å². The third-order valence-electron chi connectivity index (χ3n) is 3.09. The standard InChI is InChI=1S/C13H17BrN2OS/c1-8-6-10(4-5-17-8)16-12-3-2-9(14)7-11(12)13(15)18/h2-3,7-8,10,16H,4-6H2,1H3,(H2,15,18). The lowest BCUT2D eigenvalue weighted by atomic mass is 10.0. The van der Waals surface area contributed by atoms with Crippen molar-refractivity contribution in [1.29, 1.82) is 0 Å². The zero-order valence-electron chi connectivity index (χ0n) is 10.3. The highest BCUT2D eigenvalue weighted by molar-refractivity contribution is 9.10. The lowest BCUT2D eigenvalue weighted by Gasteiger charge is -2.29. The van der Waals surface area contributed by atoms with Gasteiger partial charge >= 0.3 is 0 Å². The number of ether oxygens (including phenoxy) is 1. The van der Waals surface area contributed by atoms with Crippen molar-refractivity contribution in [2.45, 2.75) is 31.9 Å². The molecule has 1 heterocycles. The fourth-order valence-corrected chi connectivity index (χ4v) is 2.73. The summed E-state index contributed by atoms with van der Waals surface area (Å²) in [6.45, 7) is 2.90. The van der Waals surface area contributed by atoms with E-state index in [0.717, 1.165) is 35.2 Å². The fourth-order valence-electron chi connectivity index (χ4n) is 2.20. The first-order chi connectivity index (χ1) is 8.56. The first kappa shape index (κ1) is 13.8. The van der Waals surface area contributed by atoms with E-state index in [2.05, 4.69) is 28.2 Å². The number of thiocarbonyl (C=S) groups is 1. The van der Waals surface area contributed by atoms with Gasteiger partial charge in [0.05, 0.1) is 6.10 Å². The molecule has 1 aromatic rings. The molecule has 0 amide bonds. The Bertz CT molecular complexity index is 453. The van der Waals surface area contributed by atoms with Gasteiger partial charge in [0.1, 0.15) is 4.99 Å². The first-order valence-electron chi connectivity index (χ1n) is 6.03. The highest BCUT2D eigenvalue weighted by Crippen LogP contribution is 2.24.